The van der Waals surface area contributed by atoms with E-state index in [0.29, 0.717) is 0 Å². The Bertz CT molecular complexity index is 2620. The predicted molar refractivity (Wildman–Crippen MR) is 209 cm³/mol. The van der Waals surface area contributed by atoms with Crippen molar-refractivity contribution >= 4 is 60.7 Å². The maximum absolute atomic E-state index is 2.47. The van der Waals surface area contributed by atoms with Crippen LogP contribution >= 0.6 is 0 Å². The minimum absolute atomic E-state index is 0.0444. The molecule has 0 aliphatic heterocycles. The molecule has 0 unspecified atom stereocenters. The van der Waals surface area contributed by atoms with E-state index in [-0.39, 0.29) is 5.54 Å². The Morgan fingerprint density at radius 1 is 0.388 bits per heavy atom. The van der Waals surface area contributed by atoms with Crippen LogP contribution in [-0.4, -0.2) is 9.13 Å². The monoisotopic (exact) mass is 631 g/mol. The Morgan fingerprint density at radius 2 is 0.878 bits per heavy atom. The molecular formula is C46H37N3. The van der Waals surface area contributed by atoms with E-state index in [2.05, 4.69) is 205 Å². The quantitative estimate of drug-likeness (QED) is 0.184. The van der Waals surface area contributed by atoms with Crippen molar-refractivity contribution in [2.75, 3.05) is 4.90 Å². The van der Waals surface area contributed by atoms with Crippen LogP contribution in [-0.2, 0) is 5.54 Å². The first-order valence-electron chi connectivity index (χ1n) is 17.0. The van der Waals surface area contributed by atoms with E-state index in [1.54, 1.807) is 0 Å². The number of benzene rings is 7. The molecule has 0 saturated carbocycles. The smallest absolute Gasteiger partial charge is 0.0541 e. The van der Waals surface area contributed by atoms with Crippen LogP contribution in [0.2, 0.25) is 0 Å². The van der Waals surface area contributed by atoms with Crippen LogP contribution in [0.3, 0.4) is 0 Å². The number of hydrogen-bond donors (Lipinski definition) is 0. The van der Waals surface area contributed by atoms with Crippen molar-refractivity contribution in [2.24, 2.45) is 0 Å². The summed E-state index contributed by atoms with van der Waals surface area (Å²) in [6.45, 7) is 6.84. The van der Waals surface area contributed by atoms with Crippen LogP contribution in [0.15, 0.2) is 170 Å². The number of rotatable bonds is 5. The molecule has 0 bridgehead atoms. The lowest BCUT2D eigenvalue weighted by atomic mass is 10.0. The molecule has 0 amide bonds. The van der Waals surface area contributed by atoms with Crippen molar-refractivity contribution in [1.29, 1.82) is 0 Å². The third-order valence-corrected chi connectivity index (χ3v) is 9.75. The minimum atomic E-state index is -0.0444. The van der Waals surface area contributed by atoms with Gasteiger partial charge in [-0.3, -0.25) is 0 Å². The van der Waals surface area contributed by atoms with Gasteiger partial charge in [0.1, 0.15) is 0 Å². The van der Waals surface area contributed by atoms with Crippen molar-refractivity contribution < 1.29 is 0 Å². The summed E-state index contributed by atoms with van der Waals surface area (Å²) in [5, 5.41) is 5.07. The minimum Gasteiger partial charge on any atom is -0.335 e. The highest BCUT2D eigenvalue weighted by atomic mass is 15.1. The van der Waals surface area contributed by atoms with Gasteiger partial charge in [-0.1, -0.05) is 91.0 Å². The average molecular weight is 632 g/mol. The second-order valence-corrected chi connectivity index (χ2v) is 13.9. The zero-order valence-corrected chi connectivity index (χ0v) is 28.0. The molecular weight excluding hydrogens is 595 g/mol. The van der Waals surface area contributed by atoms with E-state index in [9.17, 15) is 0 Å². The fourth-order valence-electron chi connectivity index (χ4n) is 7.66. The first-order chi connectivity index (χ1) is 24.0. The summed E-state index contributed by atoms with van der Waals surface area (Å²) in [5.41, 5.74) is 11.9. The highest BCUT2D eigenvalue weighted by Gasteiger charge is 2.22. The molecule has 0 aliphatic carbocycles. The van der Waals surface area contributed by atoms with Crippen LogP contribution in [0.1, 0.15) is 20.8 Å². The normalized spacial score (nSPS) is 12.0. The van der Waals surface area contributed by atoms with Crippen molar-refractivity contribution in [1.82, 2.24) is 9.13 Å². The standard InChI is InChI=1S/C46H37N3/c1-46(2,3)49-44-21-13-11-19-39(44)41-31-37(27-29-45(41)49)47(34-14-6-4-7-15-34)36-25-22-32(23-26-36)33-24-28-43-40(30-33)38-18-10-12-20-42(38)48(43)35-16-8-5-9-17-35/h4-31H,1-3H3. The second kappa shape index (κ2) is 11.3. The lowest BCUT2D eigenvalue weighted by molar-refractivity contribution is 0.423. The molecule has 2 heterocycles. The van der Waals surface area contributed by atoms with Gasteiger partial charge in [0.2, 0.25) is 0 Å². The average Bonchev–Trinajstić information content (AvgIpc) is 3.65. The van der Waals surface area contributed by atoms with Gasteiger partial charge < -0.3 is 14.0 Å². The molecule has 0 saturated heterocycles. The Balaban J connectivity index is 1.15. The van der Waals surface area contributed by atoms with Gasteiger partial charge in [0.05, 0.1) is 11.0 Å². The van der Waals surface area contributed by atoms with Crippen LogP contribution in [0.5, 0.6) is 0 Å². The molecule has 0 fully saturated rings. The van der Waals surface area contributed by atoms with E-state index in [0.717, 1.165) is 17.1 Å². The second-order valence-electron chi connectivity index (χ2n) is 13.9. The summed E-state index contributed by atoms with van der Waals surface area (Å²) in [7, 11) is 0. The van der Waals surface area contributed by atoms with Crippen molar-refractivity contribution in [2.45, 2.75) is 26.3 Å². The molecule has 0 spiro atoms. The zero-order chi connectivity index (χ0) is 33.1. The summed E-state index contributed by atoms with van der Waals surface area (Å²) in [6.07, 6.45) is 0. The third-order valence-electron chi connectivity index (χ3n) is 9.75. The Kier molecular flexibility index (Phi) is 6.70. The van der Waals surface area contributed by atoms with E-state index < -0.39 is 0 Å². The molecule has 0 radical (unpaired) electrons. The summed E-state index contributed by atoms with van der Waals surface area (Å²) in [4.78, 5) is 2.36. The van der Waals surface area contributed by atoms with Gasteiger partial charge in [0.25, 0.3) is 0 Å². The maximum Gasteiger partial charge on any atom is 0.0541 e. The van der Waals surface area contributed by atoms with Crippen molar-refractivity contribution in [3.05, 3.63) is 170 Å². The molecule has 9 rings (SSSR count). The molecule has 49 heavy (non-hydrogen) atoms. The Labute approximate surface area is 286 Å². The molecule has 3 heteroatoms. The van der Waals surface area contributed by atoms with Gasteiger partial charge in [-0.15, -0.1) is 0 Å². The van der Waals surface area contributed by atoms with Gasteiger partial charge in [-0.25, -0.2) is 0 Å². The maximum atomic E-state index is 2.47. The summed E-state index contributed by atoms with van der Waals surface area (Å²) in [6, 6.07) is 61.6. The lowest BCUT2D eigenvalue weighted by Crippen LogP contribution is -2.21. The van der Waals surface area contributed by atoms with E-state index >= 15 is 0 Å². The summed E-state index contributed by atoms with van der Waals surface area (Å²) in [5.74, 6) is 0. The number of para-hydroxylation sites is 4. The molecule has 0 N–H and O–H groups in total. The van der Waals surface area contributed by atoms with Gasteiger partial charge >= 0.3 is 0 Å². The van der Waals surface area contributed by atoms with Crippen LogP contribution in [0.25, 0.3) is 60.4 Å². The summed E-state index contributed by atoms with van der Waals surface area (Å²) >= 11 is 0. The molecule has 9 aromatic rings. The fraction of sp³-hybridized carbons (Fsp3) is 0.0870. The molecule has 0 aliphatic rings. The number of aromatic nitrogens is 2. The first-order valence-corrected chi connectivity index (χ1v) is 17.0. The SMILES string of the molecule is CC(C)(C)n1c2ccccc2c2cc(N(c3ccccc3)c3ccc(-c4ccc5c(c4)c4ccccc4n5-c4ccccc4)cc3)ccc21. The van der Waals surface area contributed by atoms with Crippen LogP contribution in [0.4, 0.5) is 17.1 Å². The van der Waals surface area contributed by atoms with Crippen molar-refractivity contribution in [3.63, 3.8) is 0 Å². The van der Waals surface area contributed by atoms with Crippen molar-refractivity contribution in [3.8, 4) is 16.8 Å². The molecule has 0 atom stereocenters. The van der Waals surface area contributed by atoms with Gasteiger partial charge in [-0.2, -0.15) is 0 Å². The topological polar surface area (TPSA) is 13.1 Å². The molecule has 236 valence electrons. The highest BCUT2D eigenvalue weighted by Crippen LogP contribution is 2.41. The highest BCUT2D eigenvalue weighted by molar-refractivity contribution is 6.11. The number of anilines is 3. The Morgan fingerprint density at radius 3 is 1.59 bits per heavy atom. The molecule has 7 aromatic carbocycles. The van der Waals surface area contributed by atoms with Gasteiger partial charge in [-0.05, 0) is 111 Å². The Hall–Kier alpha value is -6.06. The largest absolute Gasteiger partial charge is 0.335 e. The third kappa shape index (κ3) is 4.81. The lowest BCUT2D eigenvalue weighted by Gasteiger charge is -2.27. The van der Waals surface area contributed by atoms with Gasteiger partial charge in [0.15, 0.2) is 0 Å². The molecule has 3 nitrogen and oxygen atoms in total. The predicted octanol–water partition coefficient (Wildman–Crippen LogP) is 12.8. The van der Waals surface area contributed by atoms with E-state index in [1.165, 1.54) is 60.4 Å². The fourth-order valence-corrected chi connectivity index (χ4v) is 7.66. The molecule has 2 aromatic heterocycles. The van der Waals surface area contributed by atoms with E-state index in [4.69, 9.17) is 0 Å². The van der Waals surface area contributed by atoms with Crippen LogP contribution < -0.4 is 4.90 Å². The summed E-state index contributed by atoms with van der Waals surface area (Å²) < 4.78 is 4.84. The zero-order valence-electron chi connectivity index (χ0n) is 28.0. The first kappa shape index (κ1) is 29.1. The van der Waals surface area contributed by atoms with E-state index in [1.807, 2.05) is 0 Å². The number of fused-ring (bicyclic) bond motifs is 6. The van der Waals surface area contributed by atoms with Gasteiger partial charge in [0, 0.05) is 60.9 Å². The number of hydrogen-bond acceptors (Lipinski definition) is 1. The number of nitrogens with zero attached hydrogens (tertiary/aromatic N) is 3. The van der Waals surface area contributed by atoms with Crippen LogP contribution in [0, 0.1) is 0 Å².